The molecule has 6 nitrogen and oxygen atoms in total. The Kier molecular flexibility index (Phi) is 8.14. The van der Waals surface area contributed by atoms with Crippen LogP contribution in [0.2, 0.25) is 0 Å². The van der Waals surface area contributed by atoms with Crippen LogP contribution in [-0.2, 0) is 9.53 Å². The Morgan fingerprint density at radius 1 is 1.47 bits per heavy atom. The molecule has 0 aromatic carbocycles. The van der Waals surface area contributed by atoms with Crippen molar-refractivity contribution in [3.63, 3.8) is 0 Å². The highest BCUT2D eigenvalue weighted by Gasteiger charge is 2.35. The summed E-state index contributed by atoms with van der Waals surface area (Å²) < 4.78 is 5.40. The Bertz CT molecular complexity index is 306. The van der Waals surface area contributed by atoms with Gasteiger partial charge >= 0.3 is 0 Å². The summed E-state index contributed by atoms with van der Waals surface area (Å²) in [6.07, 6.45) is 1.47. The molecule has 0 spiro atoms. The number of nitrogens with zero attached hydrogens (tertiary/aromatic N) is 1. The second kappa shape index (κ2) is 8.74. The first-order valence-corrected chi connectivity index (χ1v) is 6.72. The SMILES string of the molecule is CCC(C)(C(=O)NCCOCCC(C)C)C(N)=NO. The summed E-state index contributed by atoms with van der Waals surface area (Å²) in [5, 5.41) is 14.4. The van der Waals surface area contributed by atoms with Crippen LogP contribution in [0.4, 0.5) is 0 Å². The summed E-state index contributed by atoms with van der Waals surface area (Å²) >= 11 is 0. The van der Waals surface area contributed by atoms with Gasteiger partial charge in [0.15, 0.2) is 5.84 Å². The molecule has 0 saturated heterocycles. The number of nitrogens with one attached hydrogen (secondary N) is 1. The fraction of sp³-hybridized carbons (Fsp3) is 0.846. The summed E-state index contributed by atoms with van der Waals surface area (Å²) in [4.78, 5) is 12.0. The van der Waals surface area contributed by atoms with Crippen molar-refractivity contribution in [3.05, 3.63) is 0 Å². The van der Waals surface area contributed by atoms with Gasteiger partial charge in [-0.15, -0.1) is 0 Å². The van der Waals surface area contributed by atoms with Crippen molar-refractivity contribution < 1.29 is 14.7 Å². The van der Waals surface area contributed by atoms with E-state index in [1.807, 2.05) is 6.92 Å². The third kappa shape index (κ3) is 5.92. The van der Waals surface area contributed by atoms with Crippen molar-refractivity contribution in [3.8, 4) is 0 Å². The second-order valence-electron chi connectivity index (χ2n) is 5.22. The van der Waals surface area contributed by atoms with Crippen molar-refractivity contribution in [2.75, 3.05) is 19.8 Å². The highest BCUT2D eigenvalue weighted by atomic mass is 16.5. The average Bonchev–Trinajstić information content (AvgIpc) is 2.39. The molecular weight excluding hydrogens is 246 g/mol. The first-order chi connectivity index (χ1) is 8.88. The second-order valence-corrected chi connectivity index (χ2v) is 5.22. The summed E-state index contributed by atoms with van der Waals surface area (Å²) in [7, 11) is 0. The van der Waals surface area contributed by atoms with Gasteiger partial charge in [-0.25, -0.2) is 0 Å². The zero-order valence-corrected chi connectivity index (χ0v) is 12.4. The molecule has 0 fully saturated rings. The molecule has 0 heterocycles. The van der Waals surface area contributed by atoms with Gasteiger partial charge in [-0.05, 0) is 25.7 Å². The molecule has 19 heavy (non-hydrogen) atoms. The summed E-state index contributed by atoms with van der Waals surface area (Å²) in [6, 6.07) is 0. The molecule has 0 radical (unpaired) electrons. The molecule has 4 N–H and O–H groups in total. The van der Waals surface area contributed by atoms with Gasteiger partial charge in [0.25, 0.3) is 0 Å². The van der Waals surface area contributed by atoms with Gasteiger partial charge < -0.3 is 21.0 Å². The van der Waals surface area contributed by atoms with Crippen LogP contribution in [0.15, 0.2) is 5.16 Å². The highest BCUT2D eigenvalue weighted by molar-refractivity contribution is 6.06. The summed E-state index contributed by atoms with van der Waals surface area (Å²) in [5.74, 6) is 0.282. The van der Waals surface area contributed by atoms with Crippen LogP contribution in [-0.4, -0.2) is 36.7 Å². The molecule has 0 bridgehead atoms. The topological polar surface area (TPSA) is 96.9 Å². The lowest BCUT2D eigenvalue weighted by Gasteiger charge is -2.25. The van der Waals surface area contributed by atoms with Crippen LogP contribution in [0.3, 0.4) is 0 Å². The molecule has 0 aromatic heterocycles. The maximum atomic E-state index is 12.0. The van der Waals surface area contributed by atoms with Crippen LogP contribution in [0.1, 0.15) is 40.5 Å². The van der Waals surface area contributed by atoms with Crippen molar-refractivity contribution >= 4 is 11.7 Å². The van der Waals surface area contributed by atoms with Crippen LogP contribution < -0.4 is 11.1 Å². The zero-order chi connectivity index (χ0) is 14.9. The van der Waals surface area contributed by atoms with E-state index in [2.05, 4.69) is 24.3 Å². The highest BCUT2D eigenvalue weighted by Crippen LogP contribution is 2.21. The molecule has 0 aromatic rings. The van der Waals surface area contributed by atoms with Crippen molar-refractivity contribution in [1.82, 2.24) is 5.32 Å². The van der Waals surface area contributed by atoms with Crippen LogP contribution in [0.25, 0.3) is 0 Å². The van der Waals surface area contributed by atoms with Crippen molar-refractivity contribution in [2.45, 2.75) is 40.5 Å². The number of hydrogen-bond acceptors (Lipinski definition) is 4. The molecule has 0 saturated carbocycles. The van der Waals surface area contributed by atoms with E-state index in [-0.39, 0.29) is 11.7 Å². The first-order valence-electron chi connectivity index (χ1n) is 6.72. The van der Waals surface area contributed by atoms with Gasteiger partial charge in [-0.2, -0.15) is 0 Å². The number of carbonyl (C=O) groups excluding carboxylic acids is 1. The van der Waals surface area contributed by atoms with Gasteiger partial charge in [0.05, 0.1) is 6.61 Å². The lowest BCUT2D eigenvalue weighted by molar-refractivity contribution is -0.127. The van der Waals surface area contributed by atoms with Crippen LogP contribution in [0, 0.1) is 11.3 Å². The third-order valence-corrected chi connectivity index (χ3v) is 3.25. The van der Waals surface area contributed by atoms with Crippen molar-refractivity contribution in [2.24, 2.45) is 22.2 Å². The van der Waals surface area contributed by atoms with Crippen LogP contribution in [0.5, 0.6) is 0 Å². The van der Waals surface area contributed by atoms with E-state index < -0.39 is 5.41 Å². The Balaban J connectivity index is 4.03. The van der Waals surface area contributed by atoms with Gasteiger partial charge in [0.1, 0.15) is 5.41 Å². The lowest BCUT2D eigenvalue weighted by Crippen LogP contribution is -2.48. The fourth-order valence-corrected chi connectivity index (χ4v) is 1.42. The summed E-state index contributed by atoms with van der Waals surface area (Å²) in [5.41, 5.74) is 4.58. The minimum atomic E-state index is -0.979. The molecule has 0 aliphatic rings. The first kappa shape index (κ1) is 17.7. The van der Waals surface area contributed by atoms with Crippen LogP contribution >= 0.6 is 0 Å². The smallest absolute Gasteiger partial charge is 0.233 e. The van der Waals surface area contributed by atoms with Gasteiger partial charge in [-0.1, -0.05) is 25.9 Å². The number of amidine groups is 1. The predicted octanol–water partition coefficient (Wildman–Crippen LogP) is 1.33. The zero-order valence-electron chi connectivity index (χ0n) is 12.4. The molecule has 0 rings (SSSR count). The van der Waals surface area contributed by atoms with E-state index in [1.54, 1.807) is 6.92 Å². The molecule has 1 amide bonds. The number of rotatable bonds is 9. The third-order valence-electron chi connectivity index (χ3n) is 3.25. The molecule has 1 atom stereocenters. The number of nitrogens with two attached hydrogens (primary N) is 1. The minimum Gasteiger partial charge on any atom is -0.409 e. The molecule has 6 heteroatoms. The normalized spacial score (nSPS) is 15.3. The van der Waals surface area contributed by atoms with E-state index >= 15 is 0 Å². The van der Waals surface area contributed by atoms with E-state index in [4.69, 9.17) is 15.7 Å². The maximum absolute atomic E-state index is 12.0. The maximum Gasteiger partial charge on any atom is 0.233 e. The van der Waals surface area contributed by atoms with Gasteiger partial charge in [0, 0.05) is 13.2 Å². The average molecular weight is 273 g/mol. The Morgan fingerprint density at radius 3 is 2.58 bits per heavy atom. The lowest BCUT2D eigenvalue weighted by atomic mass is 9.85. The Hall–Kier alpha value is -1.30. The van der Waals surface area contributed by atoms with E-state index in [1.165, 1.54) is 0 Å². The standard InChI is InChI=1S/C13H27N3O3/c1-5-13(4,11(14)16-18)12(17)15-7-9-19-8-6-10(2)3/h10,18H,5-9H2,1-4H3,(H2,14,16)(H,15,17). The molecule has 0 aliphatic heterocycles. The largest absolute Gasteiger partial charge is 0.409 e. The molecular formula is C13H27N3O3. The monoisotopic (exact) mass is 273 g/mol. The fourth-order valence-electron chi connectivity index (χ4n) is 1.42. The minimum absolute atomic E-state index is 0.0757. The number of hydrogen-bond donors (Lipinski definition) is 3. The summed E-state index contributed by atoms with van der Waals surface area (Å²) in [6.45, 7) is 9.32. The quantitative estimate of drug-likeness (QED) is 0.194. The van der Waals surface area contributed by atoms with Crippen molar-refractivity contribution in [1.29, 1.82) is 0 Å². The predicted molar refractivity (Wildman–Crippen MR) is 75.1 cm³/mol. The molecule has 112 valence electrons. The van der Waals surface area contributed by atoms with E-state index in [9.17, 15) is 4.79 Å². The Labute approximate surface area is 115 Å². The number of carbonyl (C=O) groups is 1. The number of amides is 1. The Morgan fingerprint density at radius 2 is 2.11 bits per heavy atom. The molecule has 0 aliphatic carbocycles. The van der Waals surface area contributed by atoms with E-state index in [0.717, 1.165) is 6.42 Å². The van der Waals surface area contributed by atoms with Gasteiger partial charge in [0.2, 0.25) is 5.91 Å². The number of oxime groups is 1. The van der Waals surface area contributed by atoms with E-state index in [0.29, 0.717) is 32.1 Å². The number of ether oxygens (including phenoxy) is 1. The molecule has 1 unspecified atom stereocenters. The van der Waals surface area contributed by atoms with Gasteiger partial charge in [-0.3, -0.25) is 4.79 Å².